The van der Waals surface area contributed by atoms with Gasteiger partial charge in [0.2, 0.25) is 0 Å². The molecule has 0 bridgehead atoms. The summed E-state index contributed by atoms with van der Waals surface area (Å²) in [6, 6.07) is 5.41. The Kier molecular flexibility index (Phi) is 2.83. The highest BCUT2D eigenvalue weighted by Gasteiger charge is 2.19. The number of halogens is 1. The SMILES string of the molecule is Cc1cccc2c1n(C(C)C)c(=O)n2C(=O)Cl. The van der Waals surface area contributed by atoms with Gasteiger partial charge in [0.1, 0.15) is 0 Å². The third kappa shape index (κ3) is 1.69. The number of hydrogen-bond donors (Lipinski definition) is 0. The van der Waals surface area contributed by atoms with Gasteiger partial charge in [-0.15, -0.1) is 0 Å². The first kappa shape index (κ1) is 11.9. The lowest BCUT2D eigenvalue weighted by Gasteiger charge is -2.08. The van der Waals surface area contributed by atoms with Crippen molar-refractivity contribution in [3.05, 3.63) is 34.2 Å². The molecule has 0 saturated heterocycles. The standard InChI is InChI=1S/C12H13ClN2O2/c1-7(2)14-10-8(3)5-4-6-9(10)15(11(13)16)12(14)17/h4-7H,1-3H3. The van der Waals surface area contributed by atoms with Gasteiger partial charge in [0.25, 0.3) is 0 Å². The molecule has 0 aliphatic rings. The molecule has 2 rings (SSSR count). The Labute approximate surface area is 103 Å². The van der Waals surface area contributed by atoms with Crippen LogP contribution in [0, 0.1) is 6.92 Å². The highest BCUT2D eigenvalue weighted by atomic mass is 35.5. The van der Waals surface area contributed by atoms with E-state index in [-0.39, 0.29) is 11.7 Å². The molecule has 0 aliphatic carbocycles. The lowest BCUT2D eigenvalue weighted by Crippen LogP contribution is -2.27. The zero-order chi connectivity index (χ0) is 12.7. The van der Waals surface area contributed by atoms with Crippen LogP contribution in [0.25, 0.3) is 11.0 Å². The molecule has 0 aliphatic heterocycles. The van der Waals surface area contributed by atoms with Gasteiger partial charge >= 0.3 is 11.1 Å². The summed E-state index contributed by atoms with van der Waals surface area (Å²) in [5, 5.41) is -0.773. The molecule has 0 N–H and O–H groups in total. The van der Waals surface area contributed by atoms with Crippen LogP contribution in [-0.2, 0) is 0 Å². The third-order valence-electron chi connectivity index (χ3n) is 2.79. The van der Waals surface area contributed by atoms with E-state index in [1.165, 1.54) is 0 Å². The molecule has 0 spiro atoms. The molecule has 0 saturated carbocycles. The van der Waals surface area contributed by atoms with E-state index in [0.29, 0.717) is 5.52 Å². The number of fused-ring (bicyclic) bond motifs is 1. The minimum Gasteiger partial charge on any atom is -0.289 e. The quantitative estimate of drug-likeness (QED) is 0.733. The van der Waals surface area contributed by atoms with Crippen molar-refractivity contribution in [2.24, 2.45) is 0 Å². The number of aryl methyl sites for hydroxylation is 1. The van der Waals surface area contributed by atoms with Crippen molar-refractivity contribution in [2.75, 3.05) is 0 Å². The smallest absolute Gasteiger partial charge is 0.289 e. The van der Waals surface area contributed by atoms with Crippen LogP contribution in [0.1, 0.15) is 25.5 Å². The number of benzene rings is 1. The van der Waals surface area contributed by atoms with E-state index in [1.54, 1.807) is 16.7 Å². The van der Waals surface area contributed by atoms with Crippen LogP contribution in [0.5, 0.6) is 0 Å². The molecular formula is C12H13ClN2O2. The molecule has 1 aromatic heterocycles. The van der Waals surface area contributed by atoms with Crippen molar-refractivity contribution in [3.8, 4) is 0 Å². The molecule has 1 aromatic carbocycles. The Hall–Kier alpha value is -1.55. The molecule has 0 fully saturated rings. The molecule has 0 atom stereocenters. The maximum Gasteiger partial charge on any atom is 0.337 e. The van der Waals surface area contributed by atoms with Crippen molar-refractivity contribution in [3.63, 3.8) is 0 Å². The Bertz CT molecular complexity index is 652. The number of imidazole rings is 1. The number of para-hydroxylation sites is 1. The zero-order valence-electron chi connectivity index (χ0n) is 9.90. The first-order valence-electron chi connectivity index (χ1n) is 5.37. The fourth-order valence-corrected chi connectivity index (χ4v) is 2.26. The summed E-state index contributed by atoms with van der Waals surface area (Å²) in [7, 11) is 0. The first-order chi connectivity index (χ1) is 7.95. The normalized spacial score (nSPS) is 11.4. The fourth-order valence-electron chi connectivity index (χ4n) is 2.09. The van der Waals surface area contributed by atoms with Gasteiger partial charge < -0.3 is 0 Å². The summed E-state index contributed by atoms with van der Waals surface area (Å²) in [5.74, 6) is 0. The number of nitrogens with zero attached hydrogens (tertiary/aromatic N) is 2. The van der Waals surface area contributed by atoms with Crippen LogP contribution >= 0.6 is 11.6 Å². The number of rotatable bonds is 1. The molecule has 90 valence electrons. The predicted octanol–water partition coefficient (Wildman–Crippen LogP) is 2.90. The van der Waals surface area contributed by atoms with E-state index < -0.39 is 5.37 Å². The Morgan fingerprint density at radius 3 is 2.53 bits per heavy atom. The van der Waals surface area contributed by atoms with Crippen molar-refractivity contribution in [1.82, 2.24) is 9.13 Å². The lowest BCUT2D eigenvalue weighted by atomic mass is 10.2. The van der Waals surface area contributed by atoms with Gasteiger partial charge in [-0.2, -0.15) is 0 Å². The van der Waals surface area contributed by atoms with Gasteiger partial charge in [-0.05, 0) is 44.0 Å². The summed E-state index contributed by atoms with van der Waals surface area (Å²) in [5.41, 5.74) is 1.89. The molecule has 1 heterocycles. The summed E-state index contributed by atoms with van der Waals surface area (Å²) in [6.45, 7) is 5.70. The summed E-state index contributed by atoms with van der Waals surface area (Å²) < 4.78 is 2.59. The van der Waals surface area contributed by atoms with Crippen LogP contribution in [0.4, 0.5) is 4.79 Å². The highest BCUT2D eigenvalue weighted by Crippen LogP contribution is 2.21. The predicted molar refractivity (Wildman–Crippen MR) is 68.0 cm³/mol. The second-order valence-corrected chi connectivity index (χ2v) is 4.60. The number of carbonyl (C=O) groups is 1. The molecule has 4 nitrogen and oxygen atoms in total. The summed E-state index contributed by atoms with van der Waals surface area (Å²) >= 11 is 5.47. The zero-order valence-corrected chi connectivity index (χ0v) is 10.7. The van der Waals surface area contributed by atoms with E-state index in [0.717, 1.165) is 15.6 Å². The number of aromatic nitrogens is 2. The van der Waals surface area contributed by atoms with Crippen LogP contribution in [-0.4, -0.2) is 14.5 Å². The van der Waals surface area contributed by atoms with E-state index >= 15 is 0 Å². The van der Waals surface area contributed by atoms with Crippen LogP contribution in [0.15, 0.2) is 23.0 Å². The monoisotopic (exact) mass is 252 g/mol. The van der Waals surface area contributed by atoms with Crippen molar-refractivity contribution < 1.29 is 4.79 Å². The summed E-state index contributed by atoms with van der Waals surface area (Å²) in [4.78, 5) is 23.5. The van der Waals surface area contributed by atoms with E-state index in [4.69, 9.17) is 11.6 Å². The Morgan fingerprint density at radius 2 is 2.00 bits per heavy atom. The van der Waals surface area contributed by atoms with Crippen LogP contribution in [0.3, 0.4) is 0 Å². The molecule has 0 amide bonds. The Morgan fingerprint density at radius 1 is 1.35 bits per heavy atom. The maximum atomic E-state index is 12.1. The average Bonchev–Trinajstić information content (AvgIpc) is 2.51. The van der Waals surface area contributed by atoms with Gasteiger partial charge in [0, 0.05) is 6.04 Å². The highest BCUT2D eigenvalue weighted by molar-refractivity contribution is 6.63. The van der Waals surface area contributed by atoms with Gasteiger partial charge in [-0.1, -0.05) is 12.1 Å². The fraction of sp³-hybridized carbons (Fsp3) is 0.333. The van der Waals surface area contributed by atoms with E-state index in [9.17, 15) is 9.59 Å². The minimum absolute atomic E-state index is 0.0247. The number of hydrogen-bond acceptors (Lipinski definition) is 2. The van der Waals surface area contributed by atoms with E-state index in [2.05, 4.69) is 0 Å². The molecule has 0 unspecified atom stereocenters. The minimum atomic E-state index is -0.773. The first-order valence-corrected chi connectivity index (χ1v) is 5.75. The van der Waals surface area contributed by atoms with Crippen molar-refractivity contribution in [2.45, 2.75) is 26.8 Å². The third-order valence-corrected chi connectivity index (χ3v) is 2.96. The molecule has 17 heavy (non-hydrogen) atoms. The maximum absolute atomic E-state index is 12.1. The Balaban J connectivity index is 3.05. The van der Waals surface area contributed by atoms with Gasteiger partial charge in [0.05, 0.1) is 11.0 Å². The van der Waals surface area contributed by atoms with Gasteiger partial charge in [0.15, 0.2) is 0 Å². The second-order valence-electron chi connectivity index (χ2n) is 4.28. The van der Waals surface area contributed by atoms with Gasteiger partial charge in [-0.3, -0.25) is 9.36 Å². The molecular weight excluding hydrogens is 240 g/mol. The topological polar surface area (TPSA) is 44.0 Å². The largest absolute Gasteiger partial charge is 0.337 e. The van der Waals surface area contributed by atoms with Crippen LogP contribution < -0.4 is 5.69 Å². The van der Waals surface area contributed by atoms with Crippen LogP contribution in [0.2, 0.25) is 0 Å². The summed E-state index contributed by atoms with van der Waals surface area (Å²) in [6.07, 6.45) is 0. The van der Waals surface area contributed by atoms with Crippen molar-refractivity contribution in [1.29, 1.82) is 0 Å². The molecule has 2 aromatic rings. The lowest BCUT2D eigenvalue weighted by molar-refractivity contribution is 0.261. The van der Waals surface area contributed by atoms with Crippen molar-refractivity contribution >= 4 is 28.0 Å². The number of carbonyl (C=O) groups excluding carboxylic acids is 1. The van der Waals surface area contributed by atoms with Gasteiger partial charge in [-0.25, -0.2) is 9.36 Å². The average molecular weight is 253 g/mol. The molecule has 0 radical (unpaired) electrons. The van der Waals surface area contributed by atoms with E-state index in [1.807, 2.05) is 26.8 Å². The molecule has 5 heteroatoms. The second kappa shape index (κ2) is 4.04.